The van der Waals surface area contributed by atoms with Crippen molar-refractivity contribution in [2.24, 2.45) is 11.8 Å². The number of ether oxygens (including phenoxy) is 1. The molecule has 1 heterocycles. The smallest absolute Gasteiger partial charge is 0.258 e. The molecule has 1 aromatic carbocycles. The van der Waals surface area contributed by atoms with Crippen LogP contribution in [0.4, 0.5) is 0 Å². The van der Waals surface area contributed by atoms with Gasteiger partial charge in [0.25, 0.3) is 5.91 Å². The lowest BCUT2D eigenvalue weighted by Gasteiger charge is -2.09. The fraction of sp³-hybridized carbons (Fsp3) is 0.462. The van der Waals surface area contributed by atoms with E-state index in [0.29, 0.717) is 28.6 Å². The van der Waals surface area contributed by atoms with Crippen molar-refractivity contribution in [2.45, 2.75) is 6.04 Å². The molecule has 1 aliphatic heterocycles. The van der Waals surface area contributed by atoms with Crippen LogP contribution in [0.15, 0.2) is 24.3 Å². The maximum Gasteiger partial charge on any atom is 0.258 e. The van der Waals surface area contributed by atoms with Gasteiger partial charge in [-0.2, -0.15) is 0 Å². The van der Waals surface area contributed by atoms with Gasteiger partial charge >= 0.3 is 0 Å². The maximum absolute atomic E-state index is 11.7. The molecule has 6 heteroatoms. The zero-order chi connectivity index (χ0) is 12.5. The van der Waals surface area contributed by atoms with Gasteiger partial charge in [-0.3, -0.25) is 4.79 Å². The van der Waals surface area contributed by atoms with Crippen LogP contribution in [0.1, 0.15) is 0 Å². The van der Waals surface area contributed by atoms with Crippen molar-refractivity contribution >= 4 is 29.9 Å². The minimum Gasteiger partial charge on any atom is -0.484 e. The van der Waals surface area contributed by atoms with Crippen LogP contribution < -0.4 is 15.4 Å². The predicted octanol–water partition coefficient (Wildman–Crippen LogP) is 1.47. The summed E-state index contributed by atoms with van der Waals surface area (Å²) < 4.78 is 5.39. The molecular formula is C13H16Cl2N2O2. The third kappa shape index (κ3) is 3.32. The Hall–Kier alpha value is -0.970. The number of hydrogen-bond acceptors (Lipinski definition) is 3. The highest BCUT2D eigenvalue weighted by Crippen LogP contribution is 2.41. The topological polar surface area (TPSA) is 50.4 Å². The molecular weight excluding hydrogens is 287 g/mol. The number of hydrogen-bond donors (Lipinski definition) is 2. The van der Waals surface area contributed by atoms with Gasteiger partial charge in [0.15, 0.2) is 6.61 Å². The normalized spacial score (nSPS) is 27.1. The molecule has 104 valence electrons. The van der Waals surface area contributed by atoms with E-state index in [9.17, 15) is 4.79 Å². The summed E-state index contributed by atoms with van der Waals surface area (Å²) in [5, 5.41) is 6.90. The average Bonchev–Trinajstić information content (AvgIpc) is 2.80. The van der Waals surface area contributed by atoms with Crippen molar-refractivity contribution in [3.8, 4) is 5.75 Å². The van der Waals surface area contributed by atoms with Gasteiger partial charge in [-0.05, 0) is 30.0 Å². The Morgan fingerprint density at radius 2 is 2.16 bits per heavy atom. The molecule has 2 unspecified atom stereocenters. The molecule has 0 spiro atoms. The van der Waals surface area contributed by atoms with Crippen LogP contribution >= 0.6 is 24.0 Å². The largest absolute Gasteiger partial charge is 0.484 e. The first-order chi connectivity index (χ1) is 8.74. The van der Waals surface area contributed by atoms with E-state index in [2.05, 4.69) is 10.6 Å². The zero-order valence-corrected chi connectivity index (χ0v) is 11.8. The lowest BCUT2D eigenvalue weighted by Crippen LogP contribution is -2.35. The molecule has 1 saturated heterocycles. The van der Waals surface area contributed by atoms with Crippen LogP contribution in [-0.4, -0.2) is 31.6 Å². The quantitative estimate of drug-likeness (QED) is 0.886. The van der Waals surface area contributed by atoms with E-state index in [0.717, 1.165) is 13.1 Å². The number of rotatable bonds is 4. The SMILES string of the molecule is Cl.O=C(COc1cccc(Cl)c1)NC1C2CNCC21. The fourth-order valence-electron chi connectivity index (χ4n) is 2.57. The highest BCUT2D eigenvalue weighted by atomic mass is 35.5. The molecule has 1 amide bonds. The van der Waals surface area contributed by atoms with Crippen LogP contribution in [0, 0.1) is 11.8 Å². The van der Waals surface area contributed by atoms with Gasteiger partial charge in [0.1, 0.15) is 5.75 Å². The molecule has 1 aliphatic carbocycles. The van der Waals surface area contributed by atoms with Crippen LogP contribution in [0.3, 0.4) is 0 Å². The summed E-state index contributed by atoms with van der Waals surface area (Å²) in [5.41, 5.74) is 0. The molecule has 19 heavy (non-hydrogen) atoms. The van der Waals surface area contributed by atoms with Gasteiger partial charge in [0.05, 0.1) is 0 Å². The van der Waals surface area contributed by atoms with E-state index in [-0.39, 0.29) is 24.9 Å². The minimum absolute atomic E-state index is 0. The van der Waals surface area contributed by atoms with Gasteiger partial charge in [0.2, 0.25) is 0 Å². The Kier molecular flexibility index (Phi) is 4.55. The summed E-state index contributed by atoms with van der Waals surface area (Å²) >= 11 is 5.83. The number of amides is 1. The van der Waals surface area contributed by atoms with E-state index < -0.39 is 0 Å². The van der Waals surface area contributed by atoms with Crippen LogP contribution in [0.5, 0.6) is 5.75 Å². The number of carbonyl (C=O) groups excluding carboxylic acids is 1. The summed E-state index contributed by atoms with van der Waals surface area (Å²) in [4.78, 5) is 11.7. The van der Waals surface area contributed by atoms with Gasteiger partial charge in [-0.25, -0.2) is 0 Å². The molecule has 0 bridgehead atoms. The van der Waals surface area contributed by atoms with Crippen LogP contribution in [0.25, 0.3) is 0 Å². The number of nitrogens with one attached hydrogen (secondary N) is 2. The third-order valence-corrected chi connectivity index (χ3v) is 3.82. The van der Waals surface area contributed by atoms with E-state index in [1.54, 1.807) is 24.3 Å². The van der Waals surface area contributed by atoms with E-state index >= 15 is 0 Å². The zero-order valence-electron chi connectivity index (χ0n) is 10.3. The molecule has 2 aliphatic rings. The first-order valence-corrected chi connectivity index (χ1v) is 6.50. The van der Waals surface area contributed by atoms with Gasteiger partial charge in [0, 0.05) is 24.2 Å². The lowest BCUT2D eigenvalue weighted by atomic mass is 10.3. The first kappa shape index (κ1) is 14.4. The molecule has 2 fully saturated rings. The Bertz CT molecular complexity index is 460. The summed E-state index contributed by atoms with van der Waals surface area (Å²) in [7, 11) is 0. The van der Waals surface area contributed by atoms with Crippen molar-refractivity contribution < 1.29 is 9.53 Å². The van der Waals surface area contributed by atoms with E-state index in [4.69, 9.17) is 16.3 Å². The van der Waals surface area contributed by atoms with Crippen LogP contribution in [-0.2, 0) is 4.79 Å². The highest BCUT2D eigenvalue weighted by molar-refractivity contribution is 6.30. The van der Waals surface area contributed by atoms with Crippen molar-refractivity contribution in [3.05, 3.63) is 29.3 Å². The average molecular weight is 303 g/mol. The second-order valence-corrected chi connectivity index (χ2v) is 5.26. The Morgan fingerprint density at radius 1 is 1.42 bits per heavy atom. The fourth-order valence-corrected chi connectivity index (χ4v) is 2.75. The summed E-state index contributed by atoms with van der Waals surface area (Å²) in [6.07, 6.45) is 0. The molecule has 1 aromatic rings. The number of fused-ring (bicyclic) bond motifs is 1. The number of piperidine rings is 1. The molecule has 3 rings (SSSR count). The summed E-state index contributed by atoms with van der Waals surface area (Å²) in [5.74, 6) is 1.81. The summed E-state index contributed by atoms with van der Waals surface area (Å²) in [6.45, 7) is 2.08. The number of benzene rings is 1. The Labute approximate surface area is 123 Å². The summed E-state index contributed by atoms with van der Waals surface area (Å²) in [6, 6.07) is 7.40. The predicted molar refractivity (Wildman–Crippen MR) is 76.0 cm³/mol. The molecule has 4 nitrogen and oxygen atoms in total. The van der Waals surface area contributed by atoms with Crippen molar-refractivity contribution in [1.82, 2.24) is 10.6 Å². The van der Waals surface area contributed by atoms with Gasteiger partial charge in [-0.1, -0.05) is 17.7 Å². The third-order valence-electron chi connectivity index (χ3n) is 3.59. The van der Waals surface area contributed by atoms with Crippen molar-refractivity contribution in [1.29, 1.82) is 0 Å². The molecule has 2 N–H and O–H groups in total. The van der Waals surface area contributed by atoms with E-state index in [1.807, 2.05) is 0 Å². The molecule has 0 aromatic heterocycles. The standard InChI is InChI=1S/C13H15ClN2O2.ClH/c14-8-2-1-3-9(4-8)18-7-12(17)16-13-10-5-15-6-11(10)13;/h1-4,10-11,13,15H,5-7H2,(H,16,17);1H. The number of carbonyl (C=O) groups is 1. The minimum atomic E-state index is -0.0608. The van der Waals surface area contributed by atoms with Gasteiger partial charge < -0.3 is 15.4 Å². The second-order valence-electron chi connectivity index (χ2n) is 4.83. The molecule has 1 saturated carbocycles. The maximum atomic E-state index is 11.7. The monoisotopic (exact) mass is 302 g/mol. The Balaban J connectivity index is 0.00000133. The van der Waals surface area contributed by atoms with Crippen LogP contribution in [0.2, 0.25) is 5.02 Å². The van der Waals surface area contributed by atoms with Gasteiger partial charge in [-0.15, -0.1) is 12.4 Å². The number of halogens is 2. The second kappa shape index (κ2) is 5.99. The lowest BCUT2D eigenvalue weighted by molar-refractivity contribution is -0.123. The van der Waals surface area contributed by atoms with Crippen molar-refractivity contribution in [2.75, 3.05) is 19.7 Å². The van der Waals surface area contributed by atoms with Crippen molar-refractivity contribution in [3.63, 3.8) is 0 Å². The molecule has 2 atom stereocenters. The first-order valence-electron chi connectivity index (χ1n) is 6.12. The highest BCUT2D eigenvalue weighted by Gasteiger charge is 2.53. The molecule has 0 radical (unpaired) electrons. The van der Waals surface area contributed by atoms with E-state index in [1.165, 1.54) is 0 Å². The Morgan fingerprint density at radius 3 is 2.84 bits per heavy atom.